The van der Waals surface area contributed by atoms with Gasteiger partial charge in [-0.25, -0.2) is 8.42 Å². The van der Waals surface area contributed by atoms with E-state index >= 15 is 0 Å². The van der Waals surface area contributed by atoms with Gasteiger partial charge in [-0.2, -0.15) is 5.26 Å². The Morgan fingerprint density at radius 2 is 2.11 bits per heavy atom. The molecule has 0 radical (unpaired) electrons. The Labute approximate surface area is 109 Å². The fourth-order valence-electron chi connectivity index (χ4n) is 3.06. The molecule has 2 fully saturated rings. The smallest absolute Gasteiger partial charge is 0.152 e. The predicted molar refractivity (Wildman–Crippen MR) is 69.9 cm³/mol. The molecule has 1 saturated heterocycles. The summed E-state index contributed by atoms with van der Waals surface area (Å²) in [7, 11) is -2.81. The highest BCUT2D eigenvalue weighted by Gasteiger charge is 2.41. The van der Waals surface area contributed by atoms with E-state index < -0.39 is 15.4 Å². The van der Waals surface area contributed by atoms with E-state index in [4.69, 9.17) is 0 Å². The highest BCUT2D eigenvalue weighted by atomic mass is 32.2. The molecule has 0 aromatic heterocycles. The molecule has 18 heavy (non-hydrogen) atoms. The molecule has 0 aromatic carbocycles. The topological polar surface area (TPSA) is 73.2 Å². The Hall–Kier alpha value is -0.640. The molecule has 1 heterocycles. The van der Waals surface area contributed by atoms with Crippen molar-refractivity contribution < 1.29 is 8.42 Å². The average Bonchev–Trinajstić information content (AvgIpc) is 2.75. The summed E-state index contributed by atoms with van der Waals surface area (Å²) in [4.78, 5) is 2.25. The molecular formula is C12H21N3O2S. The van der Waals surface area contributed by atoms with Crippen LogP contribution in [0.4, 0.5) is 0 Å². The summed E-state index contributed by atoms with van der Waals surface area (Å²) < 4.78 is 22.8. The van der Waals surface area contributed by atoms with E-state index in [1.165, 1.54) is 0 Å². The van der Waals surface area contributed by atoms with Crippen molar-refractivity contribution in [2.75, 3.05) is 31.1 Å². The Morgan fingerprint density at radius 3 is 2.67 bits per heavy atom. The monoisotopic (exact) mass is 271 g/mol. The van der Waals surface area contributed by atoms with Gasteiger partial charge in [-0.3, -0.25) is 10.2 Å². The van der Waals surface area contributed by atoms with Crippen molar-refractivity contribution in [1.82, 2.24) is 10.2 Å². The standard InChI is InChI=1S/C12H21N3O2S/c1-2-14-12(10-13)4-3-11(9-12)15-5-7-18(16,17)8-6-15/h11,14H,2-9H2,1H3. The van der Waals surface area contributed by atoms with Gasteiger partial charge in [0.2, 0.25) is 0 Å². The number of nitrogens with zero attached hydrogens (tertiary/aromatic N) is 2. The molecule has 0 amide bonds. The van der Waals surface area contributed by atoms with Gasteiger partial charge in [0.05, 0.1) is 17.6 Å². The van der Waals surface area contributed by atoms with E-state index in [2.05, 4.69) is 16.3 Å². The zero-order chi connectivity index (χ0) is 13.2. The molecular weight excluding hydrogens is 250 g/mol. The molecule has 0 aromatic rings. The molecule has 1 aliphatic carbocycles. The van der Waals surface area contributed by atoms with Crippen LogP contribution in [-0.2, 0) is 9.84 Å². The van der Waals surface area contributed by atoms with E-state index in [1.54, 1.807) is 0 Å². The molecule has 1 aliphatic heterocycles. The maximum Gasteiger partial charge on any atom is 0.152 e. The van der Waals surface area contributed by atoms with Crippen LogP contribution in [0.15, 0.2) is 0 Å². The lowest BCUT2D eigenvalue weighted by Gasteiger charge is -2.33. The van der Waals surface area contributed by atoms with Crippen LogP contribution in [0.5, 0.6) is 0 Å². The van der Waals surface area contributed by atoms with Crippen molar-refractivity contribution >= 4 is 9.84 Å². The zero-order valence-corrected chi connectivity index (χ0v) is 11.7. The van der Waals surface area contributed by atoms with E-state index in [0.717, 1.165) is 25.8 Å². The number of hydrogen-bond donors (Lipinski definition) is 1. The Balaban J connectivity index is 1.96. The van der Waals surface area contributed by atoms with Crippen molar-refractivity contribution in [1.29, 1.82) is 5.26 Å². The van der Waals surface area contributed by atoms with Crippen molar-refractivity contribution in [3.8, 4) is 6.07 Å². The van der Waals surface area contributed by atoms with E-state index in [0.29, 0.717) is 19.1 Å². The second-order valence-corrected chi connectivity index (χ2v) is 7.61. The van der Waals surface area contributed by atoms with Crippen molar-refractivity contribution in [3.05, 3.63) is 0 Å². The third-order valence-electron chi connectivity index (χ3n) is 4.11. The Kier molecular flexibility index (Phi) is 3.95. The Bertz CT molecular complexity index is 429. The van der Waals surface area contributed by atoms with Crippen molar-refractivity contribution in [2.45, 2.75) is 37.8 Å². The van der Waals surface area contributed by atoms with Crippen molar-refractivity contribution in [2.24, 2.45) is 0 Å². The van der Waals surface area contributed by atoms with Gasteiger partial charge in [0.15, 0.2) is 9.84 Å². The summed E-state index contributed by atoms with van der Waals surface area (Å²) in [6, 6.07) is 2.77. The van der Waals surface area contributed by atoms with Gasteiger partial charge >= 0.3 is 0 Å². The molecule has 0 spiro atoms. The second-order valence-electron chi connectivity index (χ2n) is 5.31. The maximum absolute atomic E-state index is 11.4. The summed E-state index contributed by atoms with van der Waals surface area (Å²) in [5.41, 5.74) is -0.393. The minimum Gasteiger partial charge on any atom is -0.300 e. The number of nitriles is 1. The molecule has 5 nitrogen and oxygen atoms in total. The molecule has 2 aliphatic rings. The fraction of sp³-hybridized carbons (Fsp3) is 0.917. The number of rotatable bonds is 3. The SMILES string of the molecule is CCNC1(C#N)CCC(N2CCS(=O)(=O)CC2)C1. The van der Waals surface area contributed by atoms with Gasteiger partial charge in [0.1, 0.15) is 5.54 Å². The zero-order valence-electron chi connectivity index (χ0n) is 10.9. The molecule has 2 rings (SSSR count). The van der Waals surface area contributed by atoms with Gasteiger partial charge < -0.3 is 0 Å². The molecule has 1 saturated carbocycles. The van der Waals surface area contributed by atoms with E-state index in [9.17, 15) is 13.7 Å². The normalized spacial score (nSPS) is 36.3. The summed E-state index contributed by atoms with van der Waals surface area (Å²) in [5.74, 6) is 0.536. The summed E-state index contributed by atoms with van der Waals surface area (Å²) >= 11 is 0. The predicted octanol–water partition coefficient (Wildman–Crippen LogP) is 0.141. The van der Waals surface area contributed by atoms with Crippen LogP contribution in [-0.4, -0.2) is 56.0 Å². The summed E-state index contributed by atoms with van der Waals surface area (Å²) in [6.45, 7) is 4.07. The number of nitrogens with one attached hydrogen (secondary N) is 1. The minimum atomic E-state index is -2.81. The molecule has 102 valence electrons. The molecule has 0 bridgehead atoms. The van der Waals surface area contributed by atoms with Crippen LogP contribution in [0.2, 0.25) is 0 Å². The first kappa shape index (κ1) is 13.8. The van der Waals surface area contributed by atoms with Gasteiger partial charge in [0.25, 0.3) is 0 Å². The van der Waals surface area contributed by atoms with Crippen LogP contribution in [0.25, 0.3) is 0 Å². The second kappa shape index (κ2) is 5.16. The third kappa shape index (κ3) is 2.85. The van der Waals surface area contributed by atoms with Crippen LogP contribution in [0.3, 0.4) is 0 Å². The first-order chi connectivity index (χ1) is 8.50. The molecule has 2 unspecified atom stereocenters. The number of hydrogen-bond acceptors (Lipinski definition) is 5. The highest BCUT2D eigenvalue weighted by molar-refractivity contribution is 7.91. The van der Waals surface area contributed by atoms with Gasteiger partial charge in [-0.15, -0.1) is 0 Å². The van der Waals surface area contributed by atoms with Crippen LogP contribution < -0.4 is 5.32 Å². The van der Waals surface area contributed by atoms with Crippen molar-refractivity contribution in [3.63, 3.8) is 0 Å². The van der Waals surface area contributed by atoms with Gasteiger partial charge in [-0.1, -0.05) is 6.92 Å². The first-order valence-corrected chi connectivity index (χ1v) is 8.43. The highest BCUT2D eigenvalue weighted by Crippen LogP contribution is 2.33. The van der Waals surface area contributed by atoms with Crippen LogP contribution >= 0.6 is 0 Å². The van der Waals surface area contributed by atoms with Gasteiger partial charge in [0, 0.05) is 19.1 Å². The lowest BCUT2D eigenvalue weighted by molar-refractivity contribution is 0.208. The largest absolute Gasteiger partial charge is 0.300 e. The lowest BCUT2D eigenvalue weighted by Crippen LogP contribution is -2.47. The van der Waals surface area contributed by atoms with Crippen LogP contribution in [0, 0.1) is 11.3 Å². The average molecular weight is 271 g/mol. The minimum absolute atomic E-state index is 0.268. The quantitative estimate of drug-likeness (QED) is 0.790. The third-order valence-corrected chi connectivity index (χ3v) is 5.72. The fourth-order valence-corrected chi connectivity index (χ4v) is 4.29. The molecule has 1 N–H and O–H groups in total. The molecule has 2 atom stereocenters. The van der Waals surface area contributed by atoms with E-state index in [1.807, 2.05) is 6.92 Å². The first-order valence-electron chi connectivity index (χ1n) is 6.61. The Morgan fingerprint density at radius 1 is 1.44 bits per heavy atom. The lowest BCUT2D eigenvalue weighted by atomic mass is 9.99. The maximum atomic E-state index is 11.4. The number of sulfone groups is 1. The van der Waals surface area contributed by atoms with E-state index in [-0.39, 0.29) is 11.5 Å². The summed E-state index contributed by atoms with van der Waals surface area (Å²) in [6.07, 6.45) is 2.67. The van der Waals surface area contributed by atoms with Gasteiger partial charge in [-0.05, 0) is 25.8 Å². The summed E-state index contributed by atoms with van der Waals surface area (Å²) in [5, 5.41) is 12.6. The molecule has 6 heteroatoms. The van der Waals surface area contributed by atoms with Crippen LogP contribution in [0.1, 0.15) is 26.2 Å².